The molecule has 3 heterocycles. The molecule has 2 N–H and O–H groups in total. The molecule has 4 aromatic rings. The Kier molecular flexibility index (Phi) is 9.18. The monoisotopic (exact) mass is 670 g/mol. The molecule has 7 nitrogen and oxygen atoms in total. The molecule has 3 unspecified atom stereocenters. The molecule has 6 rings (SSSR count). The van der Waals surface area contributed by atoms with Crippen LogP contribution in [-0.4, -0.2) is 76.6 Å². The third-order valence-corrected chi connectivity index (χ3v) is 9.17. The second-order valence-electron chi connectivity index (χ2n) is 12.1. The third-order valence-electron chi connectivity index (χ3n) is 9.17. The minimum absolute atomic E-state index is 0.100. The number of ketones is 2. The van der Waals surface area contributed by atoms with Crippen molar-refractivity contribution < 1.29 is 40.7 Å². The summed E-state index contributed by atoms with van der Waals surface area (Å²) in [6, 6.07) is 11.8. The normalized spacial score (nSPS) is 20.7. The average molecular weight is 671 g/mol. The summed E-state index contributed by atoms with van der Waals surface area (Å²) in [6.07, 6.45) is -6.53. The maximum absolute atomic E-state index is 14.5. The molecule has 1 amide bonds. The molecule has 13 heteroatoms. The van der Waals surface area contributed by atoms with E-state index in [0.717, 1.165) is 65.7 Å². The Bertz CT molecular complexity index is 1830. The van der Waals surface area contributed by atoms with Gasteiger partial charge in [-0.3, -0.25) is 19.3 Å². The summed E-state index contributed by atoms with van der Waals surface area (Å²) in [5.74, 6) is -2.47. The van der Waals surface area contributed by atoms with Crippen LogP contribution in [0, 0.1) is 0 Å². The number of hydrogen-bond donors (Lipinski definition) is 2. The number of piperazine rings is 1. The highest BCUT2D eigenvalue weighted by atomic mass is 19.4. The second kappa shape index (κ2) is 13.2. The molecular weight excluding hydrogens is 638 g/mol. The van der Waals surface area contributed by atoms with Gasteiger partial charge in [-0.05, 0) is 43.0 Å². The molecule has 3 aromatic carbocycles. The van der Waals surface area contributed by atoms with Gasteiger partial charge in [0.1, 0.15) is 0 Å². The number of alkyl halides is 6. The topological polar surface area (TPSA) is 85.5 Å². The number of para-hydroxylation sites is 1. The Balaban J connectivity index is 1.48. The summed E-state index contributed by atoms with van der Waals surface area (Å²) in [5.41, 5.74) is -2.19. The van der Waals surface area contributed by atoms with Crippen molar-refractivity contribution in [3.63, 3.8) is 0 Å². The summed E-state index contributed by atoms with van der Waals surface area (Å²) in [4.78, 5) is 48.2. The Morgan fingerprint density at radius 3 is 1.94 bits per heavy atom. The van der Waals surface area contributed by atoms with E-state index < -0.39 is 76.8 Å². The van der Waals surface area contributed by atoms with Crippen LogP contribution in [0.2, 0.25) is 0 Å². The lowest BCUT2D eigenvalue weighted by molar-refractivity contribution is -0.138. The van der Waals surface area contributed by atoms with E-state index in [1.54, 1.807) is 6.20 Å². The first-order valence-electron chi connectivity index (χ1n) is 15.6. The fourth-order valence-corrected chi connectivity index (χ4v) is 6.88. The standard InChI is InChI=1S/C35H32F6N4O3/c36-34(37,38)25-12-4-1-10-23(25)32(47)29-19-43-28(17-21-18-42-27-14-6-3-9-22(21)27)31(45(29)20-30(46)44-15-7-8-16-44)33(48)24-11-2-5-13-26(24)35(39,40)41/h1-6,9-14,18,28-29,31,42-43H,7-8,15-17,19-20H2. The number of likely N-dealkylation sites (tertiary alicyclic amines) is 1. The number of H-pyrrole nitrogens is 1. The van der Waals surface area contributed by atoms with Crippen molar-refractivity contribution in [2.75, 3.05) is 26.2 Å². The van der Waals surface area contributed by atoms with E-state index in [0.29, 0.717) is 13.1 Å². The van der Waals surface area contributed by atoms with Gasteiger partial charge in [0, 0.05) is 53.9 Å². The van der Waals surface area contributed by atoms with Gasteiger partial charge in [0.15, 0.2) is 11.6 Å². The number of fused-ring (bicyclic) bond motifs is 1. The summed E-state index contributed by atoms with van der Waals surface area (Å²) in [5, 5.41) is 3.93. The number of carbonyl (C=O) groups is 3. The molecule has 1 aromatic heterocycles. The van der Waals surface area contributed by atoms with Crippen LogP contribution >= 0.6 is 0 Å². The summed E-state index contributed by atoms with van der Waals surface area (Å²) < 4.78 is 84.9. The zero-order valence-electron chi connectivity index (χ0n) is 25.6. The summed E-state index contributed by atoms with van der Waals surface area (Å²) in [6.45, 7) is 0.0146. The van der Waals surface area contributed by atoms with Crippen molar-refractivity contribution >= 4 is 28.4 Å². The smallest absolute Gasteiger partial charge is 0.361 e. The lowest BCUT2D eigenvalue weighted by Crippen LogP contribution is -2.69. The Morgan fingerprint density at radius 1 is 0.750 bits per heavy atom. The molecule has 48 heavy (non-hydrogen) atoms. The van der Waals surface area contributed by atoms with E-state index in [4.69, 9.17) is 0 Å². The molecule has 0 aliphatic carbocycles. The summed E-state index contributed by atoms with van der Waals surface area (Å²) in [7, 11) is 0. The van der Waals surface area contributed by atoms with Crippen molar-refractivity contribution in [1.29, 1.82) is 0 Å². The molecule has 3 atom stereocenters. The van der Waals surface area contributed by atoms with Crippen LogP contribution in [-0.2, 0) is 23.6 Å². The Hall–Kier alpha value is -4.49. The van der Waals surface area contributed by atoms with E-state index in [2.05, 4.69) is 10.3 Å². The van der Waals surface area contributed by atoms with E-state index in [1.807, 2.05) is 24.3 Å². The predicted octanol–water partition coefficient (Wildman–Crippen LogP) is 6.15. The van der Waals surface area contributed by atoms with Crippen LogP contribution in [0.5, 0.6) is 0 Å². The average Bonchev–Trinajstić information content (AvgIpc) is 3.75. The summed E-state index contributed by atoms with van der Waals surface area (Å²) >= 11 is 0. The molecular formula is C35H32F6N4O3. The van der Waals surface area contributed by atoms with Gasteiger partial charge in [0.25, 0.3) is 0 Å². The van der Waals surface area contributed by atoms with E-state index in [1.165, 1.54) is 21.9 Å². The molecule has 2 aliphatic heterocycles. The fraction of sp³-hybridized carbons (Fsp3) is 0.343. The number of Topliss-reactive ketones (excluding diaryl/α,β-unsaturated/α-hetero) is 2. The maximum Gasteiger partial charge on any atom is 0.417 e. The largest absolute Gasteiger partial charge is 0.417 e. The molecule has 2 fully saturated rings. The van der Waals surface area contributed by atoms with E-state index in [-0.39, 0.29) is 13.0 Å². The minimum Gasteiger partial charge on any atom is -0.361 e. The highest BCUT2D eigenvalue weighted by Crippen LogP contribution is 2.36. The first kappa shape index (κ1) is 33.4. The van der Waals surface area contributed by atoms with Crippen LogP contribution in [0.15, 0.2) is 79.0 Å². The van der Waals surface area contributed by atoms with Gasteiger partial charge in [-0.1, -0.05) is 54.6 Å². The Morgan fingerprint density at radius 2 is 1.31 bits per heavy atom. The molecule has 2 aliphatic rings. The molecule has 0 saturated carbocycles. The van der Waals surface area contributed by atoms with Gasteiger partial charge < -0.3 is 15.2 Å². The first-order chi connectivity index (χ1) is 22.8. The number of nitrogens with zero attached hydrogens (tertiary/aromatic N) is 2. The van der Waals surface area contributed by atoms with Gasteiger partial charge in [0.2, 0.25) is 5.91 Å². The molecule has 0 bridgehead atoms. The van der Waals surface area contributed by atoms with Crippen molar-refractivity contribution in [3.05, 3.63) is 107 Å². The van der Waals surface area contributed by atoms with Crippen LogP contribution in [0.25, 0.3) is 10.9 Å². The third kappa shape index (κ3) is 6.61. The maximum atomic E-state index is 14.5. The quantitative estimate of drug-likeness (QED) is 0.174. The van der Waals surface area contributed by atoms with Gasteiger partial charge in [-0.2, -0.15) is 26.3 Å². The minimum atomic E-state index is -4.91. The van der Waals surface area contributed by atoms with Crippen molar-refractivity contribution in [1.82, 2.24) is 20.1 Å². The van der Waals surface area contributed by atoms with Gasteiger partial charge >= 0.3 is 12.4 Å². The lowest BCUT2D eigenvalue weighted by atomic mass is 9.85. The van der Waals surface area contributed by atoms with Crippen LogP contribution < -0.4 is 5.32 Å². The SMILES string of the molecule is O=C(c1ccccc1C(F)(F)F)C1CNC(Cc2c[nH]c3ccccc23)C(C(=O)c2ccccc2C(F)(F)F)N1CC(=O)N1CCCC1. The van der Waals surface area contributed by atoms with Crippen molar-refractivity contribution in [3.8, 4) is 0 Å². The van der Waals surface area contributed by atoms with Gasteiger partial charge in [-0.25, -0.2) is 0 Å². The molecule has 2 saturated heterocycles. The van der Waals surface area contributed by atoms with Crippen LogP contribution in [0.3, 0.4) is 0 Å². The molecule has 252 valence electrons. The highest BCUT2D eigenvalue weighted by molar-refractivity contribution is 6.05. The number of rotatable bonds is 8. The Labute approximate surface area is 271 Å². The number of aromatic nitrogens is 1. The van der Waals surface area contributed by atoms with Gasteiger partial charge in [-0.15, -0.1) is 0 Å². The van der Waals surface area contributed by atoms with E-state index >= 15 is 0 Å². The number of benzene rings is 3. The van der Waals surface area contributed by atoms with Crippen LogP contribution in [0.1, 0.15) is 50.2 Å². The number of nitrogens with one attached hydrogen (secondary N) is 2. The van der Waals surface area contributed by atoms with Crippen LogP contribution in [0.4, 0.5) is 26.3 Å². The zero-order valence-corrected chi connectivity index (χ0v) is 25.6. The number of amides is 1. The molecule has 0 radical (unpaired) electrons. The number of aromatic amines is 1. The van der Waals surface area contributed by atoms with Crippen molar-refractivity contribution in [2.24, 2.45) is 0 Å². The predicted molar refractivity (Wildman–Crippen MR) is 165 cm³/mol. The molecule has 0 spiro atoms. The second-order valence-corrected chi connectivity index (χ2v) is 12.1. The zero-order chi connectivity index (χ0) is 34.2. The fourth-order valence-electron chi connectivity index (χ4n) is 6.88. The van der Waals surface area contributed by atoms with Crippen molar-refractivity contribution in [2.45, 2.75) is 49.7 Å². The number of halogens is 6. The van der Waals surface area contributed by atoms with E-state index in [9.17, 15) is 40.7 Å². The number of hydrogen-bond acceptors (Lipinski definition) is 5. The van der Waals surface area contributed by atoms with Gasteiger partial charge in [0.05, 0.1) is 29.8 Å². The lowest BCUT2D eigenvalue weighted by Gasteiger charge is -2.46. The number of carbonyl (C=O) groups excluding carboxylic acids is 3. The first-order valence-corrected chi connectivity index (χ1v) is 15.6. The highest BCUT2D eigenvalue weighted by Gasteiger charge is 2.48.